The first-order chi connectivity index (χ1) is 16.7. The Hall–Kier alpha value is -3.88. The van der Waals surface area contributed by atoms with Crippen LogP contribution in [0.1, 0.15) is 38.3 Å². The molecule has 2 aromatic carbocycles. The number of likely N-dealkylation sites (N-methyl/N-ethyl adjacent to an activating group) is 1. The number of carbonyl (C=O) groups excluding carboxylic acids is 3. The van der Waals surface area contributed by atoms with Gasteiger partial charge in [0.25, 0.3) is 0 Å². The molecule has 0 bridgehead atoms. The smallest absolute Gasteiger partial charge is 0.408 e. The summed E-state index contributed by atoms with van der Waals surface area (Å²) in [7, 11) is 0. The number of carboxylic acids is 1. The molecule has 0 saturated heterocycles. The van der Waals surface area contributed by atoms with E-state index in [1.165, 1.54) is 0 Å². The first kappa shape index (κ1) is 27.4. The van der Waals surface area contributed by atoms with Gasteiger partial charge in [-0.3, -0.25) is 14.4 Å². The molecule has 0 spiro atoms. The summed E-state index contributed by atoms with van der Waals surface area (Å²) in [6, 6.07) is 16.1. The minimum absolute atomic E-state index is 0.0356. The molecule has 0 saturated carbocycles. The Bertz CT molecular complexity index is 981. The molecule has 2 aromatic rings. The van der Waals surface area contributed by atoms with E-state index in [-0.39, 0.29) is 18.4 Å². The molecule has 188 valence electrons. The number of amides is 3. The van der Waals surface area contributed by atoms with Crippen molar-refractivity contribution in [1.29, 1.82) is 0 Å². The van der Waals surface area contributed by atoms with Crippen LogP contribution in [0.2, 0.25) is 0 Å². The maximum absolute atomic E-state index is 13.3. The SMILES string of the molecule is CCN(Cc1ccccc1)C(=O)[C@H](NC(=O)[C@H](CC(=O)O)NC(=O)OCc1ccccc1)C(C)C. The third kappa shape index (κ3) is 9.11. The topological polar surface area (TPSA) is 125 Å². The zero-order valence-electron chi connectivity index (χ0n) is 20.3. The van der Waals surface area contributed by atoms with Crippen LogP contribution < -0.4 is 10.6 Å². The molecule has 2 atom stereocenters. The second kappa shape index (κ2) is 13.7. The average Bonchev–Trinajstić information content (AvgIpc) is 2.84. The maximum Gasteiger partial charge on any atom is 0.408 e. The number of benzene rings is 2. The largest absolute Gasteiger partial charge is 0.481 e. The third-order valence-corrected chi connectivity index (χ3v) is 5.34. The van der Waals surface area contributed by atoms with Crippen LogP contribution in [0.4, 0.5) is 4.79 Å². The molecule has 9 nitrogen and oxygen atoms in total. The lowest BCUT2D eigenvalue weighted by Crippen LogP contribution is -2.56. The molecule has 0 fully saturated rings. The van der Waals surface area contributed by atoms with Gasteiger partial charge in [-0.25, -0.2) is 4.79 Å². The Morgan fingerprint density at radius 2 is 1.49 bits per heavy atom. The highest BCUT2D eigenvalue weighted by Gasteiger charge is 2.32. The molecule has 35 heavy (non-hydrogen) atoms. The van der Waals surface area contributed by atoms with Crippen LogP contribution in [-0.4, -0.2) is 52.5 Å². The van der Waals surface area contributed by atoms with Gasteiger partial charge in [-0.1, -0.05) is 74.5 Å². The number of hydrogen-bond donors (Lipinski definition) is 3. The molecule has 0 aromatic heterocycles. The summed E-state index contributed by atoms with van der Waals surface area (Å²) in [5, 5.41) is 14.2. The Morgan fingerprint density at radius 3 is 2.00 bits per heavy atom. The van der Waals surface area contributed by atoms with Crippen molar-refractivity contribution in [3.8, 4) is 0 Å². The van der Waals surface area contributed by atoms with Gasteiger partial charge in [-0.05, 0) is 24.0 Å². The van der Waals surface area contributed by atoms with Gasteiger partial charge in [0, 0.05) is 13.1 Å². The first-order valence-corrected chi connectivity index (χ1v) is 11.5. The number of alkyl carbamates (subject to hydrolysis) is 1. The number of nitrogens with zero attached hydrogens (tertiary/aromatic N) is 1. The molecule has 9 heteroatoms. The molecule has 0 heterocycles. The van der Waals surface area contributed by atoms with E-state index in [9.17, 15) is 24.3 Å². The summed E-state index contributed by atoms with van der Waals surface area (Å²) >= 11 is 0. The summed E-state index contributed by atoms with van der Waals surface area (Å²) in [5.74, 6) is -2.61. The van der Waals surface area contributed by atoms with E-state index in [1.54, 1.807) is 43.0 Å². The van der Waals surface area contributed by atoms with Crippen molar-refractivity contribution in [2.75, 3.05) is 6.54 Å². The van der Waals surface area contributed by atoms with E-state index in [4.69, 9.17) is 4.74 Å². The fraction of sp³-hybridized carbons (Fsp3) is 0.385. The maximum atomic E-state index is 13.3. The van der Waals surface area contributed by atoms with Gasteiger partial charge in [-0.2, -0.15) is 0 Å². The van der Waals surface area contributed by atoms with Crippen molar-refractivity contribution >= 4 is 23.9 Å². The standard InChI is InChI=1S/C26H33N3O6/c1-4-29(16-19-11-7-5-8-12-19)25(33)23(18(2)3)28-24(32)21(15-22(30)31)27-26(34)35-17-20-13-9-6-10-14-20/h5-14,18,21,23H,4,15-17H2,1-3H3,(H,27,34)(H,28,32)(H,30,31)/t21-,23+/m0/s1. The number of hydrogen-bond acceptors (Lipinski definition) is 5. The van der Waals surface area contributed by atoms with Crippen LogP contribution in [0.15, 0.2) is 60.7 Å². The predicted molar refractivity (Wildman–Crippen MR) is 130 cm³/mol. The highest BCUT2D eigenvalue weighted by atomic mass is 16.5. The number of aliphatic carboxylic acids is 1. The van der Waals surface area contributed by atoms with Crippen LogP contribution >= 0.6 is 0 Å². The van der Waals surface area contributed by atoms with Crippen molar-refractivity contribution in [3.05, 3.63) is 71.8 Å². The zero-order chi connectivity index (χ0) is 25.8. The number of ether oxygens (including phenoxy) is 1. The van der Waals surface area contributed by atoms with Gasteiger partial charge < -0.3 is 25.4 Å². The fourth-order valence-corrected chi connectivity index (χ4v) is 3.40. The van der Waals surface area contributed by atoms with Crippen molar-refractivity contribution in [3.63, 3.8) is 0 Å². The first-order valence-electron chi connectivity index (χ1n) is 11.5. The van der Waals surface area contributed by atoms with E-state index in [0.29, 0.717) is 13.1 Å². The van der Waals surface area contributed by atoms with Gasteiger partial charge >= 0.3 is 12.1 Å². The van der Waals surface area contributed by atoms with E-state index in [0.717, 1.165) is 11.1 Å². The molecule has 0 aliphatic carbocycles. The van der Waals surface area contributed by atoms with Crippen molar-refractivity contribution < 1.29 is 29.0 Å². The average molecular weight is 484 g/mol. The molecule has 0 aliphatic rings. The molecular weight excluding hydrogens is 450 g/mol. The second-order valence-corrected chi connectivity index (χ2v) is 8.42. The number of rotatable bonds is 12. The quantitative estimate of drug-likeness (QED) is 0.426. The highest BCUT2D eigenvalue weighted by Crippen LogP contribution is 2.12. The van der Waals surface area contributed by atoms with E-state index in [2.05, 4.69) is 10.6 Å². The molecule has 0 unspecified atom stereocenters. The summed E-state index contributed by atoms with van der Waals surface area (Å²) in [5.41, 5.74) is 1.69. The number of carbonyl (C=O) groups is 4. The lowest BCUT2D eigenvalue weighted by atomic mass is 10.0. The van der Waals surface area contributed by atoms with Gasteiger partial charge in [0.05, 0.1) is 6.42 Å². The van der Waals surface area contributed by atoms with Crippen molar-refractivity contribution in [1.82, 2.24) is 15.5 Å². The minimum Gasteiger partial charge on any atom is -0.481 e. The third-order valence-electron chi connectivity index (χ3n) is 5.34. The van der Waals surface area contributed by atoms with Crippen LogP contribution in [-0.2, 0) is 32.3 Å². The van der Waals surface area contributed by atoms with Crippen LogP contribution in [0.3, 0.4) is 0 Å². The zero-order valence-corrected chi connectivity index (χ0v) is 20.3. The minimum atomic E-state index is -1.41. The lowest BCUT2D eigenvalue weighted by Gasteiger charge is -2.30. The van der Waals surface area contributed by atoms with Gasteiger partial charge in [0.15, 0.2) is 0 Å². The van der Waals surface area contributed by atoms with Crippen LogP contribution in [0.25, 0.3) is 0 Å². The molecule has 0 radical (unpaired) electrons. The second-order valence-electron chi connectivity index (χ2n) is 8.42. The van der Waals surface area contributed by atoms with E-state index < -0.39 is 36.5 Å². The van der Waals surface area contributed by atoms with Gasteiger partial charge in [0.2, 0.25) is 11.8 Å². The summed E-state index contributed by atoms with van der Waals surface area (Å²) < 4.78 is 5.11. The summed E-state index contributed by atoms with van der Waals surface area (Å²) in [6.07, 6.45) is -1.59. The molecule has 2 rings (SSSR count). The predicted octanol–water partition coefficient (Wildman–Crippen LogP) is 2.95. The Morgan fingerprint density at radius 1 is 0.914 bits per heavy atom. The van der Waals surface area contributed by atoms with E-state index >= 15 is 0 Å². The van der Waals surface area contributed by atoms with E-state index in [1.807, 2.05) is 43.3 Å². The molecule has 0 aliphatic heterocycles. The summed E-state index contributed by atoms with van der Waals surface area (Å²) in [6.45, 7) is 6.18. The van der Waals surface area contributed by atoms with Crippen LogP contribution in [0, 0.1) is 5.92 Å². The van der Waals surface area contributed by atoms with Gasteiger partial charge in [0.1, 0.15) is 18.7 Å². The summed E-state index contributed by atoms with van der Waals surface area (Å²) in [4.78, 5) is 51.4. The highest BCUT2D eigenvalue weighted by molar-refractivity contribution is 5.93. The number of carboxylic acid groups (broad SMARTS) is 1. The molecule has 3 amide bonds. The Balaban J connectivity index is 2.06. The van der Waals surface area contributed by atoms with Crippen molar-refractivity contribution in [2.24, 2.45) is 5.92 Å². The van der Waals surface area contributed by atoms with Crippen molar-refractivity contribution in [2.45, 2.75) is 52.4 Å². The molecule has 3 N–H and O–H groups in total. The Labute approximate surface area is 205 Å². The molecular formula is C26H33N3O6. The fourth-order valence-electron chi connectivity index (χ4n) is 3.40. The Kier molecular flexibility index (Phi) is 10.7. The normalized spacial score (nSPS) is 12.3. The van der Waals surface area contributed by atoms with Gasteiger partial charge in [-0.15, -0.1) is 0 Å². The lowest BCUT2D eigenvalue weighted by molar-refractivity contribution is -0.141. The van der Waals surface area contributed by atoms with Crippen LogP contribution in [0.5, 0.6) is 0 Å². The number of nitrogens with one attached hydrogen (secondary N) is 2. The monoisotopic (exact) mass is 483 g/mol.